The van der Waals surface area contributed by atoms with Crippen molar-refractivity contribution in [2.75, 3.05) is 26.2 Å². The van der Waals surface area contributed by atoms with Gasteiger partial charge in [0.2, 0.25) is 5.88 Å². The van der Waals surface area contributed by atoms with Crippen LogP contribution in [0.25, 0.3) is 22.4 Å². The highest BCUT2D eigenvalue weighted by Crippen LogP contribution is 2.29. The average Bonchev–Trinajstić information content (AvgIpc) is 3.06. The minimum absolute atomic E-state index is 0.122. The highest BCUT2D eigenvalue weighted by molar-refractivity contribution is 5.95. The molecule has 4 rings (SSSR count). The summed E-state index contributed by atoms with van der Waals surface area (Å²) in [6, 6.07) is 1.91. The van der Waals surface area contributed by atoms with Crippen LogP contribution in [0.1, 0.15) is 49.8 Å². The number of likely N-dealkylation sites (tertiary alicyclic amines) is 1. The Hall–Kier alpha value is -3.07. The molecule has 4 heterocycles. The highest BCUT2D eigenvalue weighted by Gasteiger charge is 2.30. The summed E-state index contributed by atoms with van der Waals surface area (Å²) in [5.41, 5.74) is 2.45. The Labute approximate surface area is 174 Å². The standard InChI is InChI=1S/C21H26N6O3/c1-5-16-17-18(25-27(16)14-10-26(6-2)11-14)20(29)24-19(23-17)15-8-13(12(4)28)9-22-21(15)30-7-3/h8-9,14H,5-7,10-11H2,1-4H3,(H,23,24,29). The predicted molar refractivity (Wildman–Crippen MR) is 113 cm³/mol. The number of nitrogens with one attached hydrogen (secondary N) is 1. The van der Waals surface area contributed by atoms with Gasteiger partial charge in [-0.25, -0.2) is 9.97 Å². The molecule has 0 aromatic carbocycles. The summed E-state index contributed by atoms with van der Waals surface area (Å²) >= 11 is 0. The molecule has 0 aliphatic carbocycles. The number of aromatic amines is 1. The summed E-state index contributed by atoms with van der Waals surface area (Å²) in [6.07, 6.45) is 2.18. The molecule has 0 radical (unpaired) electrons. The van der Waals surface area contributed by atoms with E-state index in [0.29, 0.717) is 46.9 Å². The van der Waals surface area contributed by atoms with Gasteiger partial charge in [0, 0.05) is 24.8 Å². The Balaban J connectivity index is 1.87. The lowest BCUT2D eigenvalue weighted by molar-refractivity contribution is 0.101. The van der Waals surface area contributed by atoms with Crippen LogP contribution in [-0.4, -0.2) is 61.7 Å². The van der Waals surface area contributed by atoms with E-state index in [9.17, 15) is 9.59 Å². The van der Waals surface area contributed by atoms with Crippen molar-refractivity contribution in [2.45, 2.75) is 40.2 Å². The summed E-state index contributed by atoms with van der Waals surface area (Å²) < 4.78 is 7.57. The molecule has 0 spiro atoms. The fourth-order valence-corrected chi connectivity index (χ4v) is 3.82. The number of pyridine rings is 1. The SMILES string of the molecule is CCOc1ncc(C(C)=O)cc1-c1nc2c(CC)n(C3CN(CC)C3)nc2c(=O)[nH]1. The summed E-state index contributed by atoms with van der Waals surface area (Å²) in [4.78, 5) is 38.9. The largest absolute Gasteiger partial charge is 0.477 e. The van der Waals surface area contributed by atoms with Crippen LogP contribution in [-0.2, 0) is 6.42 Å². The van der Waals surface area contributed by atoms with E-state index >= 15 is 0 Å². The number of ketones is 1. The number of hydrogen-bond acceptors (Lipinski definition) is 7. The third kappa shape index (κ3) is 3.39. The molecule has 1 aliphatic rings. The second kappa shape index (κ2) is 7.98. The first-order valence-corrected chi connectivity index (χ1v) is 10.3. The second-order valence-corrected chi connectivity index (χ2v) is 7.43. The number of nitrogens with zero attached hydrogens (tertiary/aromatic N) is 5. The summed E-state index contributed by atoms with van der Waals surface area (Å²) in [5, 5.41) is 4.60. The smallest absolute Gasteiger partial charge is 0.279 e. The fourth-order valence-electron chi connectivity index (χ4n) is 3.82. The predicted octanol–water partition coefficient (Wildman–Crippen LogP) is 2.22. The Morgan fingerprint density at radius 1 is 1.27 bits per heavy atom. The van der Waals surface area contributed by atoms with Crippen molar-refractivity contribution in [3.05, 3.63) is 33.9 Å². The van der Waals surface area contributed by atoms with E-state index in [-0.39, 0.29) is 17.4 Å². The maximum absolute atomic E-state index is 12.9. The molecule has 0 amide bonds. The van der Waals surface area contributed by atoms with Gasteiger partial charge in [-0.1, -0.05) is 13.8 Å². The molecule has 1 aliphatic heterocycles. The van der Waals surface area contributed by atoms with Crippen molar-refractivity contribution in [3.63, 3.8) is 0 Å². The maximum Gasteiger partial charge on any atom is 0.279 e. The first-order chi connectivity index (χ1) is 14.5. The third-order valence-electron chi connectivity index (χ3n) is 5.51. The van der Waals surface area contributed by atoms with Gasteiger partial charge in [-0.3, -0.25) is 19.2 Å². The Morgan fingerprint density at radius 3 is 2.67 bits per heavy atom. The topological polar surface area (TPSA) is 106 Å². The Kier molecular flexibility index (Phi) is 5.38. The summed E-state index contributed by atoms with van der Waals surface area (Å²) in [7, 11) is 0. The molecule has 30 heavy (non-hydrogen) atoms. The normalized spacial score (nSPS) is 14.8. The number of Topliss-reactive ketones (excluding diaryl/α,β-unsaturated/α-hetero) is 1. The lowest BCUT2D eigenvalue weighted by atomic mass is 10.1. The maximum atomic E-state index is 12.9. The van der Waals surface area contributed by atoms with Gasteiger partial charge in [-0.2, -0.15) is 5.10 Å². The van der Waals surface area contributed by atoms with Gasteiger partial charge in [-0.05, 0) is 32.9 Å². The molecule has 1 fully saturated rings. The zero-order valence-electron chi connectivity index (χ0n) is 17.7. The van der Waals surface area contributed by atoms with Crippen LogP contribution >= 0.6 is 0 Å². The molecule has 0 bridgehead atoms. The molecule has 9 nitrogen and oxygen atoms in total. The van der Waals surface area contributed by atoms with E-state index in [1.54, 1.807) is 6.07 Å². The van der Waals surface area contributed by atoms with Crippen LogP contribution in [0.5, 0.6) is 5.88 Å². The number of fused-ring (bicyclic) bond motifs is 1. The van der Waals surface area contributed by atoms with E-state index in [4.69, 9.17) is 9.72 Å². The first-order valence-electron chi connectivity index (χ1n) is 10.3. The van der Waals surface area contributed by atoms with Crippen molar-refractivity contribution in [2.24, 2.45) is 0 Å². The highest BCUT2D eigenvalue weighted by atomic mass is 16.5. The van der Waals surface area contributed by atoms with Gasteiger partial charge in [-0.15, -0.1) is 0 Å². The zero-order valence-corrected chi connectivity index (χ0v) is 17.7. The minimum atomic E-state index is -0.314. The average molecular weight is 410 g/mol. The van der Waals surface area contributed by atoms with Gasteiger partial charge >= 0.3 is 0 Å². The quantitative estimate of drug-likeness (QED) is 0.595. The van der Waals surface area contributed by atoms with Crippen molar-refractivity contribution >= 4 is 16.8 Å². The fraction of sp³-hybridized carbons (Fsp3) is 0.476. The van der Waals surface area contributed by atoms with Gasteiger partial charge in [0.15, 0.2) is 11.3 Å². The van der Waals surface area contributed by atoms with Gasteiger partial charge < -0.3 is 9.72 Å². The molecule has 158 valence electrons. The first kappa shape index (κ1) is 20.2. The number of likely N-dealkylation sites (N-methyl/N-ethyl adjacent to an activating group) is 1. The van der Waals surface area contributed by atoms with E-state index < -0.39 is 0 Å². The molecular formula is C21H26N6O3. The van der Waals surface area contributed by atoms with E-state index in [2.05, 4.69) is 26.9 Å². The zero-order chi connectivity index (χ0) is 21.4. The summed E-state index contributed by atoms with van der Waals surface area (Å²) in [5.74, 6) is 0.528. The van der Waals surface area contributed by atoms with Crippen molar-refractivity contribution in [1.82, 2.24) is 29.6 Å². The molecule has 3 aromatic rings. The Morgan fingerprint density at radius 2 is 2.03 bits per heavy atom. The molecular weight excluding hydrogens is 384 g/mol. The number of hydrogen-bond donors (Lipinski definition) is 1. The lowest BCUT2D eigenvalue weighted by Crippen LogP contribution is -2.48. The lowest BCUT2D eigenvalue weighted by Gasteiger charge is -2.39. The molecule has 3 aromatic heterocycles. The van der Waals surface area contributed by atoms with Crippen LogP contribution < -0.4 is 10.3 Å². The number of ether oxygens (including phenoxy) is 1. The molecule has 1 saturated heterocycles. The molecule has 0 atom stereocenters. The van der Waals surface area contributed by atoms with Gasteiger partial charge in [0.1, 0.15) is 11.3 Å². The number of rotatable bonds is 7. The molecule has 0 unspecified atom stereocenters. The second-order valence-electron chi connectivity index (χ2n) is 7.43. The molecule has 1 N–H and O–H groups in total. The number of aromatic nitrogens is 5. The van der Waals surface area contributed by atoms with Gasteiger partial charge in [0.05, 0.1) is 23.9 Å². The van der Waals surface area contributed by atoms with Crippen LogP contribution in [0.4, 0.5) is 0 Å². The van der Waals surface area contributed by atoms with Crippen LogP contribution in [0.2, 0.25) is 0 Å². The number of carbonyl (C=O) groups excluding carboxylic acids is 1. The van der Waals surface area contributed by atoms with Crippen LogP contribution in [0.15, 0.2) is 17.1 Å². The van der Waals surface area contributed by atoms with E-state index in [1.807, 2.05) is 18.5 Å². The molecule has 9 heteroatoms. The van der Waals surface area contributed by atoms with E-state index in [1.165, 1.54) is 13.1 Å². The van der Waals surface area contributed by atoms with Crippen LogP contribution in [0, 0.1) is 0 Å². The van der Waals surface area contributed by atoms with Gasteiger partial charge in [0.25, 0.3) is 5.56 Å². The number of carbonyl (C=O) groups is 1. The van der Waals surface area contributed by atoms with Crippen molar-refractivity contribution < 1.29 is 9.53 Å². The monoisotopic (exact) mass is 410 g/mol. The number of H-pyrrole nitrogens is 1. The van der Waals surface area contributed by atoms with Crippen molar-refractivity contribution in [3.8, 4) is 17.3 Å². The summed E-state index contributed by atoms with van der Waals surface area (Å²) in [6.45, 7) is 10.7. The Bertz CT molecular complexity index is 1160. The molecule has 0 saturated carbocycles. The van der Waals surface area contributed by atoms with E-state index in [0.717, 1.165) is 25.3 Å². The number of aryl methyl sites for hydroxylation is 1. The third-order valence-corrected chi connectivity index (χ3v) is 5.51. The minimum Gasteiger partial charge on any atom is -0.477 e. The van der Waals surface area contributed by atoms with Crippen LogP contribution in [0.3, 0.4) is 0 Å². The van der Waals surface area contributed by atoms with Crippen molar-refractivity contribution in [1.29, 1.82) is 0 Å².